The van der Waals surface area contributed by atoms with Gasteiger partial charge in [-0.2, -0.15) is 0 Å². The standard InChI is InChI=1S/C20H20N4O2S/c1-14(18-22-23-19(26-18)15-8-4-3-5-9-15)27-20-21-16-10-6-7-11-17(16)24(20)12-13-25-2/h3-11,14H,12-13H2,1-2H3. The quantitative estimate of drug-likeness (QED) is 0.437. The Kier molecular flexibility index (Phi) is 5.22. The molecule has 4 rings (SSSR count). The molecule has 2 aromatic heterocycles. The molecule has 0 aliphatic heterocycles. The molecule has 0 saturated carbocycles. The van der Waals surface area contributed by atoms with Crippen molar-refractivity contribution in [2.24, 2.45) is 0 Å². The van der Waals surface area contributed by atoms with Crippen LogP contribution < -0.4 is 0 Å². The number of hydrogen-bond donors (Lipinski definition) is 0. The number of benzene rings is 2. The van der Waals surface area contributed by atoms with Crippen LogP contribution in [0.4, 0.5) is 0 Å². The third kappa shape index (κ3) is 3.74. The first kappa shape index (κ1) is 17.8. The summed E-state index contributed by atoms with van der Waals surface area (Å²) in [7, 11) is 1.71. The van der Waals surface area contributed by atoms with Crippen LogP contribution in [0.5, 0.6) is 0 Å². The lowest BCUT2D eigenvalue weighted by molar-refractivity contribution is 0.186. The molecule has 0 aliphatic rings. The van der Waals surface area contributed by atoms with Crippen molar-refractivity contribution >= 4 is 22.8 Å². The summed E-state index contributed by atoms with van der Waals surface area (Å²) in [6, 6.07) is 17.9. The van der Waals surface area contributed by atoms with Gasteiger partial charge in [-0.1, -0.05) is 42.1 Å². The molecule has 138 valence electrons. The lowest BCUT2D eigenvalue weighted by Crippen LogP contribution is -2.06. The van der Waals surface area contributed by atoms with E-state index in [9.17, 15) is 0 Å². The molecule has 6 nitrogen and oxygen atoms in total. The average molecular weight is 380 g/mol. The third-order valence-corrected chi connectivity index (χ3v) is 5.31. The first-order chi connectivity index (χ1) is 13.3. The van der Waals surface area contributed by atoms with Crippen LogP contribution in [-0.2, 0) is 11.3 Å². The second-order valence-corrected chi connectivity index (χ2v) is 7.41. The Labute approximate surface area is 161 Å². The minimum Gasteiger partial charge on any atom is -0.419 e. The number of rotatable bonds is 7. The van der Waals surface area contributed by atoms with Crippen molar-refractivity contribution < 1.29 is 9.15 Å². The molecule has 0 saturated heterocycles. The average Bonchev–Trinajstić information content (AvgIpc) is 3.32. The fourth-order valence-electron chi connectivity index (χ4n) is 2.85. The van der Waals surface area contributed by atoms with Gasteiger partial charge in [0.05, 0.1) is 22.9 Å². The highest BCUT2D eigenvalue weighted by Crippen LogP contribution is 2.36. The second-order valence-electron chi connectivity index (χ2n) is 6.10. The molecule has 0 N–H and O–H groups in total. The fourth-order valence-corrected chi connectivity index (χ4v) is 3.83. The molecule has 1 atom stereocenters. The van der Waals surface area contributed by atoms with E-state index in [-0.39, 0.29) is 5.25 Å². The molecule has 0 aliphatic carbocycles. The van der Waals surface area contributed by atoms with Crippen LogP contribution in [-0.4, -0.2) is 33.5 Å². The first-order valence-electron chi connectivity index (χ1n) is 8.76. The van der Waals surface area contributed by atoms with Gasteiger partial charge in [-0.25, -0.2) is 4.98 Å². The lowest BCUT2D eigenvalue weighted by Gasteiger charge is -2.10. The number of nitrogens with zero attached hydrogens (tertiary/aromatic N) is 4. The zero-order chi connectivity index (χ0) is 18.6. The number of aromatic nitrogens is 4. The molecule has 7 heteroatoms. The zero-order valence-corrected chi connectivity index (χ0v) is 16.0. The van der Waals surface area contributed by atoms with Crippen LogP contribution in [0.2, 0.25) is 0 Å². The molecule has 4 aromatic rings. The van der Waals surface area contributed by atoms with Crippen LogP contribution in [0.15, 0.2) is 64.2 Å². The monoisotopic (exact) mass is 380 g/mol. The van der Waals surface area contributed by atoms with E-state index in [2.05, 4.69) is 20.8 Å². The van der Waals surface area contributed by atoms with Gasteiger partial charge in [0.25, 0.3) is 0 Å². The molecule has 27 heavy (non-hydrogen) atoms. The van der Waals surface area contributed by atoms with Gasteiger partial charge in [-0.3, -0.25) is 0 Å². The lowest BCUT2D eigenvalue weighted by atomic mass is 10.2. The van der Waals surface area contributed by atoms with E-state index in [4.69, 9.17) is 14.1 Å². The summed E-state index contributed by atoms with van der Waals surface area (Å²) in [5.74, 6) is 1.12. The first-order valence-corrected chi connectivity index (χ1v) is 9.64. The van der Waals surface area contributed by atoms with Crippen molar-refractivity contribution in [3.8, 4) is 11.5 Å². The van der Waals surface area contributed by atoms with Crippen molar-refractivity contribution in [3.05, 3.63) is 60.5 Å². The molecule has 0 radical (unpaired) electrons. The summed E-state index contributed by atoms with van der Waals surface area (Å²) in [6.07, 6.45) is 0. The van der Waals surface area contributed by atoms with Crippen molar-refractivity contribution in [2.45, 2.75) is 23.9 Å². The molecule has 2 heterocycles. The highest BCUT2D eigenvalue weighted by atomic mass is 32.2. The van der Waals surface area contributed by atoms with Gasteiger partial charge >= 0.3 is 0 Å². The van der Waals surface area contributed by atoms with E-state index in [1.54, 1.807) is 18.9 Å². The van der Waals surface area contributed by atoms with E-state index in [1.165, 1.54) is 0 Å². The number of ether oxygens (including phenoxy) is 1. The Morgan fingerprint density at radius 2 is 1.85 bits per heavy atom. The normalized spacial score (nSPS) is 12.5. The Balaban J connectivity index is 1.59. The smallest absolute Gasteiger partial charge is 0.247 e. The van der Waals surface area contributed by atoms with Crippen LogP contribution in [0.25, 0.3) is 22.5 Å². The summed E-state index contributed by atoms with van der Waals surface area (Å²) in [5.41, 5.74) is 2.99. The van der Waals surface area contributed by atoms with Crippen LogP contribution in [0.1, 0.15) is 18.1 Å². The van der Waals surface area contributed by atoms with Crippen molar-refractivity contribution in [2.75, 3.05) is 13.7 Å². The van der Waals surface area contributed by atoms with Crippen molar-refractivity contribution in [1.29, 1.82) is 0 Å². The molecular weight excluding hydrogens is 360 g/mol. The summed E-state index contributed by atoms with van der Waals surface area (Å²) in [5, 5.41) is 9.32. The maximum atomic E-state index is 5.89. The highest BCUT2D eigenvalue weighted by Gasteiger charge is 2.20. The van der Waals surface area contributed by atoms with Crippen LogP contribution >= 0.6 is 11.8 Å². The zero-order valence-electron chi connectivity index (χ0n) is 15.2. The molecule has 0 spiro atoms. The van der Waals surface area contributed by atoms with Gasteiger partial charge in [0.2, 0.25) is 11.8 Å². The molecular formula is C20H20N4O2S. The van der Waals surface area contributed by atoms with Gasteiger partial charge in [-0.15, -0.1) is 10.2 Å². The second kappa shape index (κ2) is 7.94. The Bertz CT molecular complexity index is 1030. The number of hydrogen-bond acceptors (Lipinski definition) is 6. The van der Waals surface area contributed by atoms with Crippen molar-refractivity contribution in [3.63, 3.8) is 0 Å². The molecule has 0 bridgehead atoms. The fraction of sp³-hybridized carbons (Fsp3) is 0.250. The topological polar surface area (TPSA) is 66.0 Å². The Hall–Kier alpha value is -2.64. The SMILES string of the molecule is COCCn1c(SC(C)c2nnc(-c3ccccc3)o2)nc2ccccc21. The van der Waals surface area contributed by atoms with E-state index >= 15 is 0 Å². The Morgan fingerprint density at radius 3 is 2.67 bits per heavy atom. The van der Waals surface area contributed by atoms with Crippen molar-refractivity contribution in [1.82, 2.24) is 19.7 Å². The van der Waals surface area contributed by atoms with E-state index in [0.29, 0.717) is 18.4 Å². The van der Waals surface area contributed by atoms with Crippen LogP contribution in [0.3, 0.4) is 0 Å². The summed E-state index contributed by atoms with van der Waals surface area (Å²) < 4.78 is 13.3. The predicted octanol–water partition coefficient (Wildman–Crippen LogP) is 4.59. The predicted molar refractivity (Wildman–Crippen MR) is 106 cm³/mol. The molecule has 1 unspecified atom stereocenters. The number of para-hydroxylation sites is 2. The number of imidazole rings is 1. The van der Waals surface area contributed by atoms with E-state index in [1.807, 2.05) is 55.5 Å². The maximum Gasteiger partial charge on any atom is 0.247 e. The van der Waals surface area contributed by atoms with Gasteiger partial charge < -0.3 is 13.7 Å². The largest absolute Gasteiger partial charge is 0.419 e. The maximum absolute atomic E-state index is 5.89. The van der Waals surface area contributed by atoms with Gasteiger partial charge in [0.15, 0.2) is 5.16 Å². The number of fused-ring (bicyclic) bond motifs is 1. The minimum absolute atomic E-state index is 0.0203. The Morgan fingerprint density at radius 1 is 1.07 bits per heavy atom. The number of methoxy groups -OCH3 is 1. The molecule has 2 aromatic carbocycles. The van der Waals surface area contributed by atoms with E-state index in [0.717, 1.165) is 28.3 Å². The minimum atomic E-state index is -0.0203. The van der Waals surface area contributed by atoms with E-state index < -0.39 is 0 Å². The third-order valence-electron chi connectivity index (χ3n) is 4.23. The van der Waals surface area contributed by atoms with Gasteiger partial charge in [0, 0.05) is 19.2 Å². The number of thioether (sulfide) groups is 1. The van der Waals surface area contributed by atoms with Gasteiger partial charge in [-0.05, 0) is 31.2 Å². The summed E-state index contributed by atoms with van der Waals surface area (Å²) in [4.78, 5) is 4.78. The molecule has 0 fully saturated rings. The highest BCUT2D eigenvalue weighted by molar-refractivity contribution is 7.99. The molecule has 0 amide bonds. The summed E-state index contributed by atoms with van der Waals surface area (Å²) >= 11 is 1.61. The van der Waals surface area contributed by atoms with Crippen LogP contribution in [0, 0.1) is 0 Å². The van der Waals surface area contributed by atoms with Gasteiger partial charge in [0.1, 0.15) is 0 Å². The summed E-state index contributed by atoms with van der Waals surface area (Å²) in [6.45, 7) is 3.42.